The van der Waals surface area contributed by atoms with E-state index in [1.54, 1.807) is 6.20 Å². The molecule has 0 radical (unpaired) electrons. The largest absolute Gasteiger partial charge is 0.372 e. The van der Waals surface area contributed by atoms with Gasteiger partial charge in [0.2, 0.25) is 0 Å². The minimum absolute atomic E-state index is 0.0322. The number of fused-ring (bicyclic) bond motifs is 1. The van der Waals surface area contributed by atoms with Crippen molar-refractivity contribution in [3.8, 4) is 0 Å². The van der Waals surface area contributed by atoms with E-state index in [1.165, 1.54) is 11.7 Å². The molecule has 3 aromatic rings. The summed E-state index contributed by atoms with van der Waals surface area (Å²) in [5.74, 6) is 0.941. The highest BCUT2D eigenvalue weighted by Gasteiger charge is 2.15. The van der Waals surface area contributed by atoms with Crippen molar-refractivity contribution in [3.63, 3.8) is 0 Å². The van der Waals surface area contributed by atoms with Crippen molar-refractivity contribution in [2.45, 2.75) is 13.0 Å². The summed E-state index contributed by atoms with van der Waals surface area (Å²) in [4.78, 5) is 4.33. The van der Waals surface area contributed by atoms with Crippen LogP contribution in [-0.2, 0) is 7.05 Å². The molecule has 0 amide bonds. The number of aromatic nitrogens is 4. The second kappa shape index (κ2) is 4.79. The first kappa shape index (κ1) is 12.4. The molecule has 0 fully saturated rings. The number of imidazole rings is 1. The molecule has 0 aliphatic carbocycles. The standard InChI is InChI=1S/C12H12ClN5S/c1-7(12-14-5-6-18(12)2)15-10-8(13)3-4-9-11(10)17-19-16-9/h3-7,15H,1-2H3. The molecule has 98 valence electrons. The van der Waals surface area contributed by atoms with Gasteiger partial charge in [0.15, 0.2) is 0 Å². The van der Waals surface area contributed by atoms with Crippen LogP contribution in [0.15, 0.2) is 24.5 Å². The third kappa shape index (κ3) is 2.17. The summed E-state index contributed by atoms with van der Waals surface area (Å²) in [5, 5.41) is 4.01. The van der Waals surface area contributed by atoms with Crippen LogP contribution in [0.2, 0.25) is 5.02 Å². The maximum Gasteiger partial charge on any atom is 0.130 e. The van der Waals surface area contributed by atoms with Gasteiger partial charge in [-0.2, -0.15) is 8.75 Å². The van der Waals surface area contributed by atoms with E-state index >= 15 is 0 Å². The van der Waals surface area contributed by atoms with Crippen LogP contribution < -0.4 is 5.32 Å². The van der Waals surface area contributed by atoms with Gasteiger partial charge in [-0.1, -0.05) is 11.6 Å². The molecule has 1 atom stereocenters. The number of hydrogen-bond acceptors (Lipinski definition) is 5. The van der Waals surface area contributed by atoms with Gasteiger partial charge < -0.3 is 9.88 Å². The number of rotatable bonds is 3. The lowest BCUT2D eigenvalue weighted by Crippen LogP contribution is -2.12. The topological polar surface area (TPSA) is 55.6 Å². The van der Waals surface area contributed by atoms with E-state index in [0.717, 1.165) is 22.5 Å². The first-order valence-electron chi connectivity index (χ1n) is 5.81. The SMILES string of the molecule is CC(Nc1c(Cl)ccc2nsnc12)c1nccn1C. The fourth-order valence-electron chi connectivity index (χ4n) is 2.04. The van der Waals surface area contributed by atoms with Gasteiger partial charge >= 0.3 is 0 Å². The third-order valence-electron chi connectivity index (χ3n) is 2.98. The molecular formula is C12H12ClN5S. The predicted octanol–water partition coefficient (Wildman–Crippen LogP) is 3.25. The summed E-state index contributed by atoms with van der Waals surface area (Å²) in [6, 6.07) is 3.74. The Kier molecular flexibility index (Phi) is 3.12. The molecule has 1 aromatic carbocycles. The van der Waals surface area contributed by atoms with Crippen molar-refractivity contribution >= 4 is 40.0 Å². The molecule has 1 unspecified atom stereocenters. The van der Waals surface area contributed by atoms with E-state index in [9.17, 15) is 0 Å². The average Bonchev–Trinajstić information content (AvgIpc) is 3.01. The summed E-state index contributed by atoms with van der Waals surface area (Å²) in [7, 11) is 1.97. The Morgan fingerprint density at radius 3 is 2.95 bits per heavy atom. The molecule has 3 rings (SSSR count). The van der Waals surface area contributed by atoms with Gasteiger partial charge in [-0.25, -0.2) is 4.98 Å². The molecule has 1 N–H and O–H groups in total. The van der Waals surface area contributed by atoms with Crippen LogP contribution in [0.1, 0.15) is 18.8 Å². The first-order valence-corrected chi connectivity index (χ1v) is 6.92. The minimum Gasteiger partial charge on any atom is -0.372 e. The van der Waals surface area contributed by atoms with Crippen LogP contribution in [0.5, 0.6) is 0 Å². The van der Waals surface area contributed by atoms with Crippen molar-refractivity contribution in [2.75, 3.05) is 5.32 Å². The Bertz CT molecular complexity index is 720. The summed E-state index contributed by atoms with van der Waals surface area (Å²) >= 11 is 7.44. The number of benzene rings is 1. The molecule has 5 nitrogen and oxygen atoms in total. The van der Waals surface area contributed by atoms with E-state index < -0.39 is 0 Å². The van der Waals surface area contributed by atoms with Gasteiger partial charge in [0, 0.05) is 19.4 Å². The van der Waals surface area contributed by atoms with Crippen LogP contribution in [0.3, 0.4) is 0 Å². The number of nitrogens with one attached hydrogen (secondary N) is 1. The monoisotopic (exact) mass is 293 g/mol. The van der Waals surface area contributed by atoms with Crippen molar-refractivity contribution in [2.24, 2.45) is 7.05 Å². The number of nitrogens with zero attached hydrogens (tertiary/aromatic N) is 4. The van der Waals surface area contributed by atoms with Crippen molar-refractivity contribution in [3.05, 3.63) is 35.4 Å². The minimum atomic E-state index is 0.0322. The third-order valence-corrected chi connectivity index (χ3v) is 3.84. The Labute approximate surface area is 119 Å². The fraction of sp³-hybridized carbons (Fsp3) is 0.250. The number of halogens is 1. The van der Waals surface area contributed by atoms with Crippen LogP contribution in [0.25, 0.3) is 11.0 Å². The smallest absolute Gasteiger partial charge is 0.130 e. The summed E-state index contributed by atoms with van der Waals surface area (Å²) in [6.07, 6.45) is 3.69. The van der Waals surface area contributed by atoms with Crippen LogP contribution in [0, 0.1) is 0 Å². The predicted molar refractivity (Wildman–Crippen MR) is 77.7 cm³/mol. The zero-order valence-electron chi connectivity index (χ0n) is 10.5. The second-order valence-electron chi connectivity index (χ2n) is 4.32. The van der Waals surface area contributed by atoms with E-state index in [2.05, 4.69) is 19.0 Å². The van der Waals surface area contributed by atoms with Gasteiger partial charge in [-0.3, -0.25) is 0 Å². The van der Waals surface area contributed by atoms with E-state index in [1.807, 2.05) is 36.9 Å². The maximum atomic E-state index is 6.25. The Morgan fingerprint density at radius 2 is 2.21 bits per heavy atom. The van der Waals surface area contributed by atoms with Gasteiger partial charge in [-0.05, 0) is 19.1 Å². The van der Waals surface area contributed by atoms with Crippen LogP contribution in [-0.4, -0.2) is 18.3 Å². The molecule has 0 spiro atoms. The van der Waals surface area contributed by atoms with Gasteiger partial charge in [-0.15, -0.1) is 0 Å². The van der Waals surface area contributed by atoms with E-state index in [-0.39, 0.29) is 6.04 Å². The zero-order chi connectivity index (χ0) is 13.4. The summed E-state index contributed by atoms with van der Waals surface area (Å²) < 4.78 is 10.5. The molecule has 0 saturated heterocycles. The molecule has 19 heavy (non-hydrogen) atoms. The summed E-state index contributed by atoms with van der Waals surface area (Å²) in [5.41, 5.74) is 2.46. The number of hydrogen-bond donors (Lipinski definition) is 1. The van der Waals surface area contributed by atoms with E-state index in [0.29, 0.717) is 5.02 Å². The average molecular weight is 294 g/mol. The van der Waals surface area contributed by atoms with Crippen molar-refractivity contribution in [1.29, 1.82) is 0 Å². The van der Waals surface area contributed by atoms with Gasteiger partial charge in [0.25, 0.3) is 0 Å². The quantitative estimate of drug-likeness (QED) is 0.805. The Balaban J connectivity index is 1.99. The number of anilines is 1. The molecule has 2 heterocycles. The highest BCUT2D eigenvalue weighted by atomic mass is 35.5. The molecule has 2 aromatic heterocycles. The zero-order valence-corrected chi connectivity index (χ0v) is 12.0. The molecule has 7 heteroatoms. The first-order chi connectivity index (χ1) is 9.16. The molecule has 0 aliphatic rings. The van der Waals surface area contributed by atoms with Gasteiger partial charge in [0.1, 0.15) is 16.9 Å². The Morgan fingerprint density at radius 1 is 1.37 bits per heavy atom. The van der Waals surface area contributed by atoms with Crippen molar-refractivity contribution in [1.82, 2.24) is 18.3 Å². The second-order valence-corrected chi connectivity index (χ2v) is 5.25. The lowest BCUT2D eigenvalue weighted by atomic mass is 10.2. The lowest BCUT2D eigenvalue weighted by Gasteiger charge is -2.16. The highest BCUT2D eigenvalue weighted by Crippen LogP contribution is 2.32. The van der Waals surface area contributed by atoms with E-state index in [4.69, 9.17) is 11.6 Å². The molecule has 0 saturated carbocycles. The normalized spacial score (nSPS) is 12.8. The van der Waals surface area contributed by atoms with Crippen LogP contribution in [0.4, 0.5) is 5.69 Å². The highest BCUT2D eigenvalue weighted by molar-refractivity contribution is 7.00. The molecule has 0 aliphatic heterocycles. The molecule has 0 bridgehead atoms. The van der Waals surface area contributed by atoms with Crippen molar-refractivity contribution < 1.29 is 0 Å². The van der Waals surface area contributed by atoms with Crippen LogP contribution >= 0.6 is 23.3 Å². The summed E-state index contributed by atoms with van der Waals surface area (Å²) in [6.45, 7) is 2.04. The lowest BCUT2D eigenvalue weighted by molar-refractivity contribution is 0.722. The Hall–Kier alpha value is -1.66. The van der Waals surface area contributed by atoms with Gasteiger partial charge in [0.05, 0.1) is 28.5 Å². The molecular weight excluding hydrogens is 282 g/mol. The fourth-order valence-corrected chi connectivity index (χ4v) is 2.79. The maximum absolute atomic E-state index is 6.25. The number of aryl methyl sites for hydroxylation is 1.